The molecule has 0 saturated carbocycles. The third-order valence-electron chi connectivity index (χ3n) is 3.28. The molecule has 0 N–H and O–H groups in total. The van der Waals surface area contributed by atoms with Gasteiger partial charge in [-0.2, -0.15) is 0 Å². The molecule has 0 radical (unpaired) electrons. The summed E-state index contributed by atoms with van der Waals surface area (Å²) in [7, 11) is 1.57. The standard InChI is InChI=1S/C17H12O4/c1-20-13-9-7-12(8-10-13)15-14(16(18)21-17(15)19)11-5-3-2-4-6-11/h2-10H,1H3. The van der Waals surface area contributed by atoms with Crippen LogP contribution in [0.1, 0.15) is 11.1 Å². The van der Waals surface area contributed by atoms with E-state index in [-0.39, 0.29) is 5.57 Å². The van der Waals surface area contributed by atoms with Crippen LogP contribution in [0.5, 0.6) is 5.75 Å². The summed E-state index contributed by atoms with van der Waals surface area (Å²) in [6.07, 6.45) is 0. The highest BCUT2D eigenvalue weighted by Crippen LogP contribution is 2.34. The van der Waals surface area contributed by atoms with E-state index in [1.54, 1.807) is 43.5 Å². The Kier molecular flexibility index (Phi) is 3.28. The lowest BCUT2D eigenvalue weighted by atomic mass is 9.96. The number of rotatable bonds is 3. The second-order valence-corrected chi connectivity index (χ2v) is 4.52. The van der Waals surface area contributed by atoms with Gasteiger partial charge in [0.05, 0.1) is 18.3 Å². The predicted octanol–water partition coefficient (Wildman–Crippen LogP) is 2.69. The third-order valence-corrected chi connectivity index (χ3v) is 3.28. The van der Waals surface area contributed by atoms with E-state index in [4.69, 9.17) is 9.47 Å². The molecule has 0 amide bonds. The second-order valence-electron chi connectivity index (χ2n) is 4.52. The van der Waals surface area contributed by atoms with Gasteiger partial charge >= 0.3 is 11.9 Å². The lowest BCUT2D eigenvalue weighted by molar-refractivity contribution is -0.149. The quantitative estimate of drug-likeness (QED) is 0.640. The summed E-state index contributed by atoms with van der Waals surface area (Å²) in [6, 6.07) is 16.0. The lowest BCUT2D eigenvalue weighted by Gasteiger charge is -2.04. The normalized spacial score (nSPS) is 14.3. The maximum absolute atomic E-state index is 12.0. The molecular formula is C17H12O4. The van der Waals surface area contributed by atoms with Gasteiger partial charge in [0.15, 0.2) is 0 Å². The Morgan fingerprint density at radius 3 is 1.81 bits per heavy atom. The first-order chi connectivity index (χ1) is 10.2. The molecule has 0 saturated heterocycles. The summed E-state index contributed by atoms with van der Waals surface area (Å²) in [5.41, 5.74) is 1.88. The number of hydrogen-bond donors (Lipinski definition) is 0. The number of ether oxygens (including phenoxy) is 2. The fourth-order valence-electron chi connectivity index (χ4n) is 2.28. The molecule has 1 aliphatic rings. The number of methoxy groups -OCH3 is 1. The minimum atomic E-state index is -0.621. The number of esters is 2. The van der Waals surface area contributed by atoms with E-state index >= 15 is 0 Å². The van der Waals surface area contributed by atoms with Crippen molar-refractivity contribution in [3.8, 4) is 5.75 Å². The Bertz CT molecular complexity index is 727. The number of carbonyl (C=O) groups excluding carboxylic acids is 2. The maximum Gasteiger partial charge on any atom is 0.347 e. The Hall–Kier alpha value is -2.88. The van der Waals surface area contributed by atoms with Crippen molar-refractivity contribution < 1.29 is 19.1 Å². The molecule has 3 rings (SSSR count). The molecule has 0 bridgehead atoms. The fourth-order valence-corrected chi connectivity index (χ4v) is 2.28. The Morgan fingerprint density at radius 1 is 0.762 bits per heavy atom. The average Bonchev–Trinajstić information content (AvgIpc) is 2.82. The van der Waals surface area contributed by atoms with Crippen LogP contribution >= 0.6 is 0 Å². The SMILES string of the molecule is COc1ccc(C2=C(c3ccccc3)C(=O)OC2=O)cc1. The van der Waals surface area contributed by atoms with Crippen LogP contribution in [0.15, 0.2) is 54.6 Å². The van der Waals surface area contributed by atoms with Crippen molar-refractivity contribution in [3.63, 3.8) is 0 Å². The number of cyclic esters (lactones) is 2. The summed E-state index contributed by atoms with van der Waals surface area (Å²) in [4.78, 5) is 24.0. The summed E-state index contributed by atoms with van der Waals surface area (Å²) in [6.45, 7) is 0. The minimum Gasteiger partial charge on any atom is -0.497 e. The maximum atomic E-state index is 12.0. The molecule has 2 aromatic carbocycles. The zero-order valence-electron chi connectivity index (χ0n) is 11.3. The van der Waals surface area contributed by atoms with Crippen molar-refractivity contribution >= 4 is 23.1 Å². The van der Waals surface area contributed by atoms with Crippen molar-refractivity contribution in [1.82, 2.24) is 0 Å². The highest BCUT2D eigenvalue weighted by atomic mass is 16.6. The fraction of sp³-hybridized carbons (Fsp3) is 0.0588. The Labute approximate surface area is 121 Å². The van der Waals surface area contributed by atoms with Gasteiger partial charge in [-0.1, -0.05) is 42.5 Å². The van der Waals surface area contributed by atoms with E-state index < -0.39 is 11.9 Å². The van der Waals surface area contributed by atoms with E-state index in [0.29, 0.717) is 22.4 Å². The van der Waals surface area contributed by atoms with Gasteiger partial charge in [0, 0.05) is 0 Å². The highest BCUT2D eigenvalue weighted by Gasteiger charge is 2.34. The summed E-state index contributed by atoms with van der Waals surface area (Å²) in [5.74, 6) is -0.556. The molecule has 0 spiro atoms. The molecule has 2 aromatic rings. The molecule has 1 heterocycles. The molecule has 0 fully saturated rings. The van der Waals surface area contributed by atoms with Gasteiger partial charge in [0.1, 0.15) is 5.75 Å². The van der Waals surface area contributed by atoms with Crippen LogP contribution < -0.4 is 4.74 Å². The molecule has 104 valence electrons. The zero-order chi connectivity index (χ0) is 14.8. The summed E-state index contributed by atoms with van der Waals surface area (Å²) < 4.78 is 9.86. The van der Waals surface area contributed by atoms with Crippen LogP contribution in [-0.2, 0) is 14.3 Å². The van der Waals surface area contributed by atoms with Crippen molar-refractivity contribution in [2.75, 3.05) is 7.11 Å². The van der Waals surface area contributed by atoms with Gasteiger partial charge in [-0.05, 0) is 23.3 Å². The van der Waals surface area contributed by atoms with E-state index in [1.165, 1.54) is 0 Å². The van der Waals surface area contributed by atoms with Gasteiger partial charge in [-0.15, -0.1) is 0 Å². The van der Waals surface area contributed by atoms with Crippen LogP contribution in [0, 0.1) is 0 Å². The van der Waals surface area contributed by atoms with Crippen LogP contribution in [0.2, 0.25) is 0 Å². The highest BCUT2D eigenvalue weighted by molar-refractivity contribution is 6.44. The largest absolute Gasteiger partial charge is 0.497 e. The van der Waals surface area contributed by atoms with Gasteiger partial charge in [0.2, 0.25) is 0 Å². The van der Waals surface area contributed by atoms with Crippen molar-refractivity contribution in [1.29, 1.82) is 0 Å². The molecule has 0 aliphatic carbocycles. The molecule has 0 aromatic heterocycles. The first-order valence-electron chi connectivity index (χ1n) is 6.41. The Morgan fingerprint density at radius 2 is 1.29 bits per heavy atom. The summed E-state index contributed by atoms with van der Waals surface area (Å²) >= 11 is 0. The molecule has 0 unspecified atom stereocenters. The van der Waals surface area contributed by atoms with Crippen LogP contribution in [0.4, 0.5) is 0 Å². The van der Waals surface area contributed by atoms with E-state index in [0.717, 1.165) is 0 Å². The first-order valence-corrected chi connectivity index (χ1v) is 6.41. The smallest absolute Gasteiger partial charge is 0.347 e. The lowest BCUT2D eigenvalue weighted by Crippen LogP contribution is -2.02. The van der Waals surface area contributed by atoms with Crippen LogP contribution in [0.25, 0.3) is 11.1 Å². The first kappa shape index (κ1) is 13.1. The molecule has 4 nitrogen and oxygen atoms in total. The topological polar surface area (TPSA) is 52.6 Å². The molecular weight excluding hydrogens is 268 g/mol. The average molecular weight is 280 g/mol. The number of benzene rings is 2. The van der Waals surface area contributed by atoms with Gasteiger partial charge in [0.25, 0.3) is 0 Å². The second kappa shape index (κ2) is 5.25. The number of carbonyl (C=O) groups is 2. The van der Waals surface area contributed by atoms with Crippen molar-refractivity contribution in [3.05, 3.63) is 65.7 Å². The van der Waals surface area contributed by atoms with Crippen molar-refractivity contribution in [2.24, 2.45) is 0 Å². The monoisotopic (exact) mass is 280 g/mol. The molecule has 21 heavy (non-hydrogen) atoms. The Balaban J connectivity index is 2.16. The van der Waals surface area contributed by atoms with E-state index in [1.807, 2.05) is 18.2 Å². The summed E-state index contributed by atoms with van der Waals surface area (Å²) in [5, 5.41) is 0. The van der Waals surface area contributed by atoms with Gasteiger partial charge in [-0.25, -0.2) is 9.59 Å². The van der Waals surface area contributed by atoms with E-state index in [9.17, 15) is 9.59 Å². The van der Waals surface area contributed by atoms with E-state index in [2.05, 4.69) is 0 Å². The zero-order valence-corrected chi connectivity index (χ0v) is 11.3. The minimum absolute atomic E-state index is 0.286. The van der Waals surface area contributed by atoms with Crippen LogP contribution in [0.3, 0.4) is 0 Å². The third kappa shape index (κ3) is 2.31. The van der Waals surface area contributed by atoms with Crippen LogP contribution in [-0.4, -0.2) is 19.0 Å². The predicted molar refractivity (Wildman–Crippen MR) is 77.3 cm³/mol. The number of hydrogen-bond acceptors (Lipinski definition) is 4. The van der Waals surface area contributed by atoms with Crippen molar-refractivity contribution in [2.45, 2.75) is 0 Å². The molecule has 0 atom stereocenters. The van der Waals surface area contributed by atoms with Gasteiger partial charge < -0.3 is 9.47 Å². The van der Waals surface area contributed by atoms with Gasteiger partial charge in [-0.3, -0.25) is 0 Å². The molecule has 1 aliphatic heterocycles. The molecule has 4 heteroatoms.